The first-order valence-corrected chi connectivity index (χ1v) is 13.4. The van der Waals surface area contributed by atoms with Gasteiger partial charge in [-0.1, -0.05) is 35.9 Å². The number of esters is 1. The minimum absolute atomic E-state index is 0.157. The molecule has 9 heteroatoms. The number of Topliss-reactive ketones (excluding diaryl/α,β-unsaturated/α-hetero) is 1. The number of allylic oxidation sites excluding steroid dienone is 2. The fraction of sp³-hybridized carbons (Fsp3) is 0.156. The zero-order valence-corrected chi connectivity index (χ0v) is 22.3. The van der Waals surface area contributed by atoms with Crippen molar-refractivity contribution >= 4 is 51.8 Å². The molecule has 7 nitrogen and oxygen atoms in total. The summed E-state index contributed by atoms with van der Waals surface area (Å²) in [5, 5.41) is 0.838. The average Bonchev–Trinajstić information content (AvgIpc) is 3.25. The minimum Gasteiger partial charge on any atom is -0.454 e. The zero-order valence-electron chi connectivity index (χ0n) is 21.6. The molecule has 6 rings (SSSR count). The van der Waals surface area contributed by atoms with Gasteiger partial charge in [-0.15, -0.1) is 0 Å². The van der Waals surface area contributed by atoms with E-state index in [0.29, 0.717) is 45.7 Å². The predicted octanol–water partition coefficient (Wildman–Crippen LogP) is 6.19. The molecule has 204 valence electrons. The lowest BCUT2D eigenvalue weighted by Crippen LogP contribution is -2.30. The Morgan fingerprint density at radius 3 is 2.22 bits per heavy atom. The Hall–Kier alpha value is -4.69. The molecule has 2 heterocycles. The number of amides is 2. The molecule has 2 aliphatic rings. The molecule has 1 aliphatic carbocycles. The second kappa shape index (κ2) is 10.7. The van der Waals surface area contributed by atoms with Gasteiger partial charge in [0.05, 0.1) is 34.3 Å². The van der Waals surface area contributed by atoms with Crippen molar-refractivity contribution in [2.75, 3.05) is 11.5 Å². The molecule has 41 heavy (non-hydrogen) atoms. The van der Waals surface area contributed by atoms with E-state index < -0.39 is 24.2 Å². The number of halogens is 2. The monoisotopic (exact) mass is 568 g/mol. The highest BCUT2D eigenvalue weighted by atomic mass is 35.5. The Morgan fingerprint density at radius 1 is 0.902 bits per heavy atom. The van der Waals surface area contributed by atoms with Crippen LogP contribution in [0.2, 0.25) is 5.02 Å². The van der Waals surface area contributed by atoms with Crippen LogP contribution in [0.3, 0.4) is 0 Å². The quantitative estimate of drug-likeness (QED) is 0.119. The number of nitrogens with zero attached hydrogens (tertiary/aromatic N) is 2. The number of pyridine rings is 1. The number of carbonyl (C=O) groups excluding carboxylic acids is 4. The van der Waals surface area contributed by atoms with Crippen molar-refractivity contribution in [1.29, 1.82) is 0 Å². The highest BCUT2D eigenvalue weighted by molar-refractivity contribution is 6.31. The molecular formula is C32H22ClFN2O5. The molecule has 0 bridgehead atoms. The number of hydrogen-bond acceptors (Lipinski definition) is 6. The number of fused-ring (bicyclic) bond motifs is 2. The summed E-state index contributed by atoms with van der Waals surface area (Å²) in [5.41, 5.74) is 2.41. The summed E-state index contributed by atoms with van der Waals surface area (Å²) in [5.74, 6) is -2.76. The highest BCUT2D eigenvalue weighted by Gasteiger charge is 2.47. The molecule has 0 spiro atoms. The lowest BCUT2D eigenvalue weighted by molar-refractivity contribution is -0.122. The van der Waals surface area contributed by atoms with Gasteiger partial charge in [-0.25, -0.2) is 14.2 Å². The topological polar surface area (TPSA) is 93.6 Å². The van der Waals surface area contributed by atoms with E-state index >= 15 is 0 Å². The number of anilines is 1. The third-order valence-electron chi connectivity index (χ3n) is 7.42. The summed E-state index contributed by atoms with van der Waals surface area (Å²) in [6.45, 7) is -0.533. The maximum Gasteiger partial charge on any atom is 0.339 e. The van der Waals surface area contributed by atoms with Crippen LogP contribution in [0.15, 0.2) is 84.9 Å². The highest BCUT2D eigenvalue weighted by Crippen LogP contribution is 2.38. The van der Waals surface area contributed by atoms with Crippen molar-refractivity contribution in [2.45, 2.75) is 12.8 Å². The summed E-state index contributed by atoms with van der Waals surface area (Å²) in [7, 11) is 0. The maximum absolute atomic E-state index is 13.2. The third kappa shape index (κ3) is 5.02. The van der Waals surface area contributed by atoms with E-state index in [1.807, 2.05) is 12.2 Å². The van der Waals surface area contributed by atoms with E-state index in [1.165, 1.54) is 17.0 Å². The molecule has 1 saturated heterocycles. The molecule has 2 atom stereocenters. The normalized spacial score (nSPS) is 18.0. The number of aromatic nitrogens is 1. The third-order valence-corrected chi connectivity index (χ3v) is 7.66. The predicted molar refractivity (Wildman–Crippen MR) is 151 cm³/mol. The van der Waals surface area contributed by atoms with E-state index in [1.54, 1.807) is 48.5 Å². The van der Waals surface area contributed by atoms with Gasteiger partial charge in [0.25, 0.3) is 0 Å². The van der Waals surface area contributed by atoms with E-state index in [0.717, 1.165) is 12.1 Å². The van der Waals surface area contributed by atoms with Crippen LogP contribution < -0.4 is 4.90 Å². The van der Waals surface area contributed by atoms with Crippen molar-refractivity contribution in [3.8, 4) is 11.3 Å². The largest absolute Gasteiger partial charge is 0.454 e. The van der Waals surface area contributed by atoms with Gasteiger partial charge in [0.2, 0.25) is 11.8 Å². The van der Waals surface area contributed by atoms with Gasteiger partial charge >= 0.3 is 5.97 Å². The van der Waals surface area contributed by atoms with Gasteiger partial charge < -0.3 is 4.74 Å². The summed E-state index contributed by atoms with van der Waals surface area (Å²) in [6, 6.07) is 18.2. The van der Waals surface area contributed by atoms with E-state index in [2.05, 4.69) is 4.98 Å². The van der Waals surface area contributed by atoms with Gasteiger partial charge in [-0.2, -0.15) is 0 Å². The fourth-order valence-corrected chi connectivity index (χ4v) is 5.45. The van der Waals surface area contributed by atoms with Crippen molar-refractivity contribution in [1.82, 2.24) is 4.98 Å². The maximum atomic E-state index is 13.2. The van der Waals surface area contributed by atoms with Crippen LogP contribution in [0.4, 0.5) is 10.1 Å². The number of ether oxygens (including phenoxy) is 1. The number of benzene rings is 3. The molecule has 1 aliphatic heterocycles. The smallest absolute Gasteiger partial charge is 0.339 e. The second-order valence-corrected chi connectivity index (χ2v) is 10.4. The summed E-state index contributed by atoms with van der Waals surface area (Å²) in [4.78, 5) is 57.5. The zero-order chi connectivity index (χ0) is 28.7. The molecular weight excluding hydrogens is 547 g/mol. The Bertz CT molecular complexity index is 1720. The van der Waals surface area contributed by atoms with Crippen LogP contribution in [-0.4, -0.2) is 35.2 Å². The molecule has 0 N–H and O–H groups in total. The first kappa shape index (κ1) is 26.5. The van der Waals surface area contributed by atoms with Gasteiger partial charge in [-0.3, -0.25) is 19.3 Å². The van der Waals surface area contributed by atoms with Crippen LogP contribution in [0, 0.1) is 17.7 Å². The summed E-state index contributed by atoms with van der Waals surface area (Å²) < 4.78 is 18.5. The molecule has 2 unspecified atom stereocenters. The van der Waals surface area contributed by atoms with Crippen LogP contribution in [0.5, 0.6) is 0 Å². The number of rotatable bonds is 6. The minimum atomic E-state index is -0.752. The van der Waals surface area contributed by atoms with E-state index in [9.17, 15) is 23.6 Å². The Labute approximate surface area is 239 Å². The molecule has 1 fully saturated rings. The van der Waals surface area contributed by atoms with Crippen LogP contribution in [-0.2, 0) is 14.3 Å². The number of imide groups is 1. The first-order valence-electron chi connectivity index (χ1n) is 13.0. The van der Waals surface area contributed by atoms with Crippen LogP contribution >= 0.6 is 11.6 Å². The van der Waals surface area contributed by atoms with Crippen LogP contribution in [0.25, 0.3) is 22.2 Å². The Kier molecular flexibility index (Phi) is 6.93. The van der Waals surface area contributed by atoms with Gasteiger partial charge in [-0.05, 0) is 73.5 Å². The lowest BCUT2D eigenvalue weighted by atomic mass is 9.85. The second-order valence-electron chi connectivity index (χ2n) is 9.94. The lowest BCUT2D eigenvalue weighted by Gasteiger charge is -2.15. The van der Waals surface area contributed by atoms with E-state index in [4.69, 9.17) is 16.3 Å². The van der Waals surface area contributed by atoms with Crippen molar-refractivity contribution in [2.24, 2.45) is 11.8 Å². The molecule has 2 amide bonds. The van der Waals surface area contributed by atoms with Gasteiger partial charge in [0.15, 0.2) is 12.4 Å². The molecule has 0 radical (unpaired) electrons. The van der Waals surface area contributed by atoms with Gasteiger partial charge in [0.1, 0.15) is 5.82 Å². The van der Waals surface area contributed by atoms with Crippen LogP contribution in [0.1, 0.15) is 33.6 Å². The summed E-state index contributed by atoms with van der Waals surface area (Å²) >= 11 is 6.19. The fourth-order valence-electron chi connectivity index (χ4n) is 5.28. The van der Waals surface area contributed by atoms with Crippen molar-refractivity contribution < 1.29 is 28.3 Å². The van der Waals surface area contributed by atoms with Crippen molar-refractivity contribution in [3.05, 3.63) is 107 Å². The van der Waals surface area contributed by atoms with E-state index in [-0.39, 0.29) is 34.8 Å². The number of hydrogen-bond donors (Lipinski definition) is 0. The first-order chi connectivity index (χ1) is 19.8. The Balaban J connectivity index is 1.28. The number of carbonyl (C=O) groups is 4. The average molecular weight is 569 g/mol. The standard InChI is InChI=1S/C32H22ClFN2O5/c33-20-9-14-27-25(15-20)26(32(40)41-17-29(37)19-5-10-21(34)11-6-19)16-28(35-27)18-7-12-22(13-8-18)36-30(38)23-3-1-2-4-24(23)31(36)39/h1-2,5-16,23-24H,3-4,17H2. The molecule has 1 aromatic heterocycles. The number of ketones is 1. The molecule has 4 aromatic rings. The molecule has 3 aromatic carbocycles. The molecule has 0 saturated carbocycles. The Morgan fingerprint density at radius 2 is 1.56 bits per heavy atom. The van der Waals surface area contributed by atoms with Gasteiger partial charge in [0, 0.05) is 21.5 Å². The summed E-state index contributed by atoms with van der Waals surface area (Å²) in [6.07, 6.45) is 5.00. The van der Waals surface area contributed by atoms with Crippen molar-refractivity contribution in [3.63, 3.8) is 0 Å². The SMILES string of the molecule is O=C(COC(=O)c1cc(-c2ccc(N3C(=O)C4CC=CCC4C3=O)cc2)nc2ccc(Cl)cc12)c1ccc(F)cc1.